The molecule has 9 nitrogen and oxygen atoms in total. The number of benzene rings is 3. The molecule has 0 aliphatic heterocycles. The number of ether oxygens (including phenoxy) is 3. The van der Waals surface area contributed by atoms with Crippen LogP contribution in [0.25, 0.3) is 10.9 Å². The molecule has 0 aliphatic rings. The van der Waals surface area contributed by atoms with E-state index in [-0.39, 0.29) is 18.3 Å². The molecule has 2 N–H and O–H groups in total. The Morgan fingerprint density at radius 3 is 2.65 bits per heavy atom. The number of methoxy groups -OCH3 is 1. The molecule has 3 aromatic carbocycles. The van der Waals surface area contributed by atoms with E-state index in [0.29, 0.717) is 63.4 Å². The molecule has 0 fully saturated rings. The third-order valence-corrected chi connectivity index (χ3v) is 5.84. The number of fused-ring (bicyclic) bond motifs is 1. The van der Waals surface area contributed by atoms with Gasteiger partial charge in [0.15, 0.2) is 0 Å². The van der Waals surface area contributed by atoms with Crippen LogP contribution in [0.4, 0.5) is 21.6 Å². The first-order valence-corrected chi connectivity index (χ1v) is 12.7. The largest absolute Gasteiger partial charge is 0.489 e. The average molecular weight is 566 g/mol. The van der Waals surface area contributed by atoms with Crippen molar-refractivity contribution in [1.82, 2.24) is 14.9 Å². The summed E-state index contributed by atoms with van der Waals surface area (Å²) >= 11 is 6.47. The minimum absolute atomic E-state index is 0.174. The Bertz CT molecular complexity index is 1520. The highest BCUT2D eigenvalue weighted by atomic mass is 35.5. The van der Waals surface area contributed by atoms with Gasteiger partial charge in [-0.2, -0.15) is 0 Å². The van der Waals surface area contributed by atoms with Crippen molar-refractivity contribution in [3.63, 3.8) is 0 Å². The highest BCUT2D eigenvalue weighted by Crippen LogP contribution is 2.35. The molecule has 1 aromatic heterocycles. The SMILES string of the molecule is COCCOc1cc2ncnc(Nc3ccc(OCc4cccc(F)c4)c(Cl)c3)c2cc1NC(=O)/C=C/N(C)C. The van der Waals surface area contributed by atoms with Crippen LogP contribution in [0, 0.1) is 5.82 Å². The molecule has 0 spiro atoms. The quantitative estimate of drug-likeness (QED) is 0.165. The second-order valence-electron chi connectivity index (χ2n) is 8.89. The lowest BCUT2D eigenvalue weighted by atomic mass is 10.1. The van der Waals surface area contributed by atoms with Gasteiger partial charge < -0.3 is 29.7 Å². The number of rotatable bonds is 12. The van der Waals surface area contributed by atoms with E-state index >= 15 is 0 Å². The number of halogens is 2. The van der Waals surface area contributed by atoms with Gasteiger partial charge in [-0.05, 0) is 42.0 Å². The Labute approximate surface area is 236 Å². The fourth-order valence-corrected chi connectivity index (χ4v) is 3.88. The van der Waals surface area contributed by atoms with Crippen LogP contribution in [0.15, 0.2) is 73.2 Å². The molecule has 0 aliphatic carbocycles. The van der Waals surface area contributed by atoms with E-state index in [0.717, 1.165) is 0 Å². The third kappa shape index (κ3) is 7.81. The molecule has 1 amide bonds. The molecule has 0 unspecified atom stereocenters. The van der Waals surface area contributed by atoms with Crippen LogP contribution in [-0.2, 0) is 16.1 Å². The molecule has 4 aromatic rings. The fourth-order valence-electron chi connectivity index (χ4n) is 3.65. The second kappa shape index (κ2) is 13.6. The predicted molar refractivity (Wildman–Crippen MR) is 154 cm³/mol. The number of hydrogen-bond acceptors (Lipinski definition) is 8. The first-order chi connectivity index (χ1) is 19.3. The van der Waals surface area contributed by atoms with Gasteiger partial charge >= 0.3 is 0 Å². The number of aromatic nitrogens is 2. The zero-order valence-electron chi connectivity index (χ0n) is 22.3. The smallest absolute Gasteiger partial charge is 0.249 e. The monoisotopic (exact) mass is 565 g/mol. The second-order valence-corrected chi connectivity index (χ2v) is 9.29. The Kier molecular flexibility index (Phi) is 9.71. The molecule has 4 rings (SSSR count). The zero-order chi connectivity index (χ0) is 28.5. The first-order valence-electron chi connectivity index (χ1n) is 12.3. The number of nitrogens with one attached hydrogen (secondary N) is 2. The lowest BCUT2D eigenvalue weighted by Gasteiger charge is -2.15. The van der Waals surface area contributed by atoms with Gasteiger partial charge in [-0.3, -0.25) is 4.79 Å². The molecule has 0 bridgehead atoms. The zero-order valence-corrected chi connectivity index (χ0v) is 23.0. The van der Waals surface area contributed by atoms with Crippen LogP contribution in [0.1, 0.15) is 5.56 Å². The Hall–Kier alpha value is -4.41. The summed E-state index contributed by atoms with van der Waals surface area (Å²) in [6, 6.07) is 14.9. The molecule has 0 radical (unpaired) electrons. The molecule has 0 saturated carbocycles. The average Bonchev–Trinajstić information content (AvgIpc) is 2.92. The molecule has 40 heavy (non-hydrogen) atoms. The van der Waals surface area contributed by atoms with Crippen molar-refractivity contribution in [3.05, 3.63) is 89.6 Å². The summed E-state index contributed by atoms with van der Waals surface area (Å²) in [5, 5.41) is 7.13. The lowest BCUT2D eigenvalue weighted by Crippen LogP contribution is -2.13. The van der Waals surface area contributed by atoms with E-state index in [9.17, 15) is 9.18 Å². The van der Waals surface area contributed by atoms with Gasteiger partial charge in [-0.25, -0.2) is 14.4 Å². The maximum Gasteiger partial charge on any atom is 0.249 e. The van der Waals surface area contributed by atoms with Crippen LogP contribution in [-0.4, -0.2) is 55.2 Å². The van der Waals surface area contributed by atoms with Gasteiger partial charge in [-0.1, -0.05) is 23.7 Å². The predicted octanol–water partition coefficient (Wildman–Crippen LogP) is 5.78. The summed E-state index contributed by atoms with van der Waals surface area (Å²) in [7, 11) is 5.23. The van der Waals surface area contributed by atoms with Crippen LogP contribution >= 0.6 is 11.6 Å². The number of hydrogen-bond donors (Lipinski definition) is 2. The molecule has 11 heteroatoms. The van der Waals surface area contributed by atoms with Gasteiger partial charge in [-0.15, -0.1) is 0 Å². The van der Waals surface area contributed by atoms with Crippen molar-refractivity contribution in [2.24, 2.45) is 0 Å². The third-order valence-electron chi connectivity index (χ3n) is 5.54. The van der Waals surface area contributed by atoms with Crippen LogP contribution < -0.4 is 20.1 Å². The van der Waals surface area contributed by atoms with E-state index < -0.39 is 0 Å². The summed E-state index contributed by atoms with van der Waals surface area (Å²) in [6.45, 7) is 0.847. The van der Waals surface area contributed by atoms with E-state index in [1.165, 1.54) is 24.5 Å². The molecule has 0 atom stereocenters. The molecule has 208 valence electrons. The van der Waals surface area contributed by atoms with E-state index in [4.69, 9.17) is 25.8 Å². The molecule has 0 saturated heterocycles. The van der Waals surface area contributed by atoms with Crippen molar-refractivity contribution in [1.29, 1.82) is 0 Å². The van der Waals surface area contributed by atoms with Crippen LogP contribution in [0.3, 0.4) is 0 Å². The van der Waals surface area contributed by atoms with Crippen molar-refractivity contribution in [2.75, 3.05) is 45.1 Å². The minimum atomic E-state index is -0.328. The summed E-state index contributed by atoms with van der Waals surface area (Å²) in [5.41, 5.74) is 2.40. The van der Waals surface area contributed by atoms with E-state index in [1.54, 1.807) is 60.7 Å². The Balaban J connectivity index is 1.58. The molecular formula is C29H29ClFN5O4. The summed E-state index contributed by atoms with van der Waals surface area (Å²) in [4.78, 5) is 23.1. The van der Waals surface area contributed by atoms with Crippen molar-refractivity contribution in [2.45, 2.75) is 6.61 Å². The number of anilines is 3. The Morgan fingerprint density at radius 1 is 1.05 bits per heavy atom. The minimum Gasteiger partial charge on any atom is -0.489 e. The van der Waals surface area contributed by atoms with Crippen molar-refractivity contribution < 1.29 is 23.4 Å². The van der Waals surface area contributed by atoms with E-state index in [1.807, 2.05) is 14.1 Å². The molecule has 1 heterocycles. The molecular weight excluding hydrogens is 537 g/mol. The number of carbonyl (C=O) groups excluding carboxylic acids is 1. The van der Waals surface area contributed by atoms with Gasteiger partial charge in [0, 0.05) is 50.6 Å². The fraction of sp³-hybridized carbons (Fsp3) is 0.207. The van der Waals surface area contributed by atoms with E-state index in [2.05, 4.69) is 20.6 Å². The number of carbonyl (C=O) groups is 1. The topological polar surface area (TPSA) is 97.8 Å². The van der Waals surface area contributed by atoms with Crippen LogP contribution in [0.2, 0.25) is 5.02 Å². The lowest BCUT2D eigenvalue weighted by molar-refractivity contribution is -0.112. The van der Waals surface area contributed by atoms with Crippen molar-refractivity contribution in [3.8, 4) is 11.5 Å². The van der Waals surface area contributed by atoms with Gasteiger partial charge in [0.2, 0.25) is 5.91 Å². The van der Waals surface area contributed by atoms with Crippen LogP contribution in [0.5, 0.6) is 11.5 Å². The van der Waals surface area contributed by atoms with Crippen molar-refractivity contribution >= 4 is 45.6 Å². The maximum atomic E-state index is 13.4. The first kappa shape index (κ1) is 28.6. The maximum absolute atomic E-state index is 13.4. The normalized spacial score (nSPS) is 11.0. The van der Waals surface area contributed by atoms with Gasteiger partial charge in [0.25, 0.3) is 0 Å². The number of amides is 1. The highest BCUT2D eigenvalue weighted by molar-refractivity contribution is 6.32. The van der Waals surface area contributed by atoms with Gasteiger partial charge in [0.1, 0.15) is 42.7 Å². The Morgan fingerprint density at radius 2 is 1.90 bits per heavy atom. The van der Waals surface area contributed by atoms with Gasteiger partial charge in [0.05, 0.1) is 22.8 Å². The summed E-state index contributed by atoms with van der Waals surface area (Å²) in [6.07, 6.45) is 4.50. The summed E-state index contributed by atoms with van der Waals surface area (Å²) in [5.74, 6) is 0.750. The number of nitrogens with zero attached hydrogens (tertiary/aromatic N) is 3. The highest BCUT2D eigenvalue weighted by Gasteiger charge is 2.14. The standard InChI is InChI=1S/C29H29ClFN5O4/c1-36(2)10-9-28(37)35-25-15-22-24(16-27(25)39-12-11-38-3)32-18-33-29(22)34-21-7-8-26(23(30)14-21)40-17-19-5-4-6-20(31)13-19/h4-10,13-16,18H,11-12,17H2,1-3H3,(H,35,37)(H,32,33,34)/b10-9+. The summed E-state index contributed by atoms with van der Waals surface area (Å²) < 4.78 is 30.2.